The second kappa shape index (κ2) is 16.7. The predicted octanol–water partition coefficient (Wildman–Crippen LogP) is 5.73. The van der Waals surface area contributed by atoms with Crippen molar-refractivity contribution in [2.75, 3.05) is 5.32 Å². The number of amides is 2. The Bertz CT molecular complexity index is 1230. The van der Waals surface area contributed by atoms with Crippen LogP contribution in [0.5, 0.6) is 5.75 Å². The van der Waals surface area contributed by atoms with E-state index in [2.05, 4.69) is 17.6 Å². The van der Waals surface area contributed by atoms with Crippen molar-refractivity contribution in [1.82, 2.24) is 5.32 Å². The first-order chi connectivity index (χ1) is 19.5. The minimum absolute atomic E-state index is 0.142. The molecule has 3 aromatic carbocycles. The molecule has 0 aliphatic rings. The minimum atomic E-state index is -5.08. The second-order valence-corrected chi connectivity index (χ2v) is 8.99. The zero-order valence-corrected chi connectivity index (χ0v) is 22.6. The highest BCUT2D eigenvalue weighted by Gasteiger charge is 2.38. The summed E-state index contributed by atoms with van der Waals surface area (Å²) in [5, 5.41) is 12.9. The largest absolute Gasteiger partial charge is 0.490 e. The molecule has 3 rings (SSSR count). The number of hydrogen-bond acceptors (Lipinski definition) is 5. The second-order valence-electron chi connectivity index (χ2n) is 8.99. The van der Waals surface area contributed by atoms with E-state index in [0.29, 0.717) is 36.6 Å². The Labute approximate surface area is 236 Å². The zero-order valence-electron chi connectivity index (χ0n) is 22.6. The summed E-state index contributed by atoms with van der Waals surface area (Å²) in [5.41, 5.74) is 9.04. The van der Waals surface area contributed by atoms with Gasteiger partial charge in [0.25, 0.3) is 5.91 Å². The van der Waals surface area contributed by atoms with Crippen LogP contribution in [0.3, 0.4) is 0 Å². The van der Waals surface area contributed by atoms with E-state index < -0.39 is 18.2 Å². The topological polar surface area (TPSA) is 131 Å². The quantitative estimate of drug-likeness (QED) is 0.205. The fraction of sp³-hybridized carbons (Fsp3) is 0.300. The normalized spacial score (nSPS) is 11.4. The minimum Gasteiger partial charge on any atom is -0.489 e. The van der Waals surface area contributed by atoms with Gasteiger partial charge in [0, 0.05) is 18.7 Å². The maximum absolute atomic E-state index is 13.1. The first kappa shape index (κ1) is 32.8. The summed E-state index contributed by atoms with van der Waals surface area (Å²) in [4.78, 5) is 34.6. The van der Waals surface area contributed by atoms with Crippen LogP contribution in [-0.2, 0) is 27.5 Å². The lowest BCUT2D eigenvalue weighted by Crippen LogP contribution is -2.36. The lowest BCUT2D eigenvalue weighted by molar-refractivity contribution is -0.192. The van der Waals surface area contributed by atoms with Crippen LogP contribution < -0.4 is 21.1 Å². The van der Waals surface area contributed by atoms with Crippen molar-refractivity contribution in [3.63, 3.8) is 0 Å². The fourth-order valence-corrected chi connectivity index (χ4v) is 3.50. The summed E-state index contributed by atoms with van der Waals surface area (Å²) < 4.78 is 37.6. The number of carboxylic acids is 1. The van der Waals surface area contributed by atoms with E-state index in [4.69, 9.17) is 20.4 Å². The van der Waals surface area contributed by atoms with Crippen LogP contribution >= 0.6 is 0 Å². The number of carboxylic acid groups (broad SMARTS) is 1. The van der Waals surface area contributed by atoms with Crippen LogP contribution in [0.15, 0.2) is 78.9 Å². The molecule has 0 saturated carbocycles. The molecule has 0 unspecified atom stereocenters. The molecule has 0 fully saturated rings. The number of carbonyl (C=O) groups is 3. The first-order valence-electron chi connectivity index (χ1n) is 13.0. The number of benzene rings is 3. The van der Waals surface area contributed by atoms with Gasteiger partial charge >= 0.3 is 12.1 Å². The van der Waals surface area contributed by atoms with Crippen molar-refractivity contribution in [3.8, 4) is 5.75 Å². The average Bonchev–Trinajstić information content (AvgIpc) is 2.96. The summed E-state index contributed by atoms with van der Waals surface area (Å²) in [7, 11) is 0. The highest BCUT2D eigenvalue weighted by molar-refractivity contribution is 5.97. The van der Waals surface area contributed by atoms with E-state index >= 15 is 0 Å². The molecule has 41 heavy (non-hydrogen) atoms. The van der Waals surface area contributed by atoms with Gasteiger partial charge in [0.1, 0.15) is 18.4 Å². The van der Waals surface area contributed by atoms with E-state index in [1.165, 1.54) is 0 Å². The van der Waals surface area contributed by atoms with Crippen LogP contribution in [0.1, 0.15) is 55.3 Å². The van der Waals surface area contributed by atoms with Crippen molar-refractivity contribution in [2.45, 2.75) is 58.0 Å². The summed E-state index contributed by atoms with van der Waals surface area (Å²) in [6, 6.07) is 23.7. The van der Waals surface area contributed by atoms with Gasteiger partial charge in [-0.15, -0.1) is 0 Å². The van der Waals surface area contributed by atoms with Crippen LogP contribution in [0.25, 0.3) is 0 Å². The molecule has 0 bridgehead atoms. The maximum Gasteiger partial charge on any atom is 0.490 e. The van der Waals surface area contributed by atoms with E-state index in [0.717, 1.165) is 30.4 Å². The Morgan fingerprint density at radius 3 is 2.05 bits per heavy atom. The summed E-state index contributed by atoms with van der Waals surface area (Å²) in [6.45, 7) is 2.98. The number of carbonyl (C=O) groups excluding carboxylic acids is 2. The van der Waals surface area contributed by atoms with E-state index in [9.17, 15) is 22.8 Å². The molecule has 0 aliphatic heterocycles. The molecule has 0 aliphatic carbocycles. The summed E-state index contributed by atoms with van der Waals surface area (Å²) >= 11 is 0. The number of rotatable bonds is 12. The molecule has 8 nitrogen and oxygen atoms in total. The maximum atomic E-state index is 13.1. The SMILES string of the molecule is CCCCCC(=O)N[C@H](C(=O)Nc1ccc(CN)cc1)c1ccc(OCc2ccccc2)cc1.O=C(O)C(F)(F)F. The van der Waals surface area contributed by atoms with Crippen molar-refractivity contribution in [1.29, 1.82) is 0 Å². The molecule has 0 spiro atoms. The molecule has 1 atom stereocenters. The number of anilines is 1. The third-order valence-corrected chi connectivity index (χ3v) is 5.74. The van der Waals surface area contributed by atoms with Gasteiger partial charge < -0.3 is 26.2 Å². The molecule has 0 heterocycles. The standard InChI is InChI=1S/C28H33N3O3.C2HF3O2/c1-2-3-5-10-26(32)31-27(28(33)30-24-15-11-21(19-29)12-16-24)23-13-17-25(18-14-23)34-20-22-8-6-4-7-9-22;3-2(4,5)1(6)7/h4,6-9,11-18,27H,2-3,5,10,19-20,29H2,1H3,(H,30,33)(H,31,32);(H,6,7)/t27-;/m0./s1. The van der Waals surface area contributed by atoms with Crippen molar-refractivity contribution in [2.24, 2.45) is 5.73 Å². The fourth-order valence-electron chi connectivity index (χ4n) is 3.50. The third-order valence-electron chi connectivity index (χ3n) is 5.74. The van der Waals surface area contributed by atoms with Crippen LogP contribution in [0.2, 0.25) is 0 Å². The van der Waals surface area contributed by atoms with Crippen LogP contribution in [-0.4, -0.2) is 29.1 Å². The lowest BCUT2D eigenvalue weighted by atomic mass is 10.0. The molecule has 0 radical (unpaired) electrons. The monoisotopic (exact) mass is 573 g/mol. The van der Waals surface area contributed by atoms with Crippen molar-refractivity contribution < 1.29 is 37.4 Å². The van der Waals surface area contributed by atoms with Gasteiger partial charge in [-0.1, -0.05) is 74.4 Å². The summed E-state index contributed by atoms with van der Waals surface area (Å²) in [6.07, 6.45) is -1.89. The predicted molar refractivity (Wildman–Crippen MR) is 149 cm³/mol. The lowest BCUT2D eigenvalue weighted by Gasteiger charge is -2.20. The molecule has 11 heteroatoms. The van der Waals surface area contributed by atoms with Gasteiger partial charge in [-0.2, -0.15) is 13.2 Å². The molecule has 2 amide bonds. The zero-order chi connectivity index (χ0) is 30.3. The van der Waals surface area contributed by atoms with E-state index in [1.807, 2.05) is 66.7 Å². The summed E-state index contributed by atoms with van der Waals surface area (Å²) in [5.74, 6) is -2.51. The molecular formula is C30H34F3N3O5. The van der Waals surface area contributed by atoms with Crippen molar-refractivity contribution in [3.05, 3.63) is 95.6 Å². The van der Waals surface area contributed by atoms with Crippen LogP contribution in [0.4, 0.5) is 18.9 Å². The van der Waals surface area contributed by atoms with E-state index in [-0.39, 0.29) is 11.8 Å². The Balaban J connectivity index is 0.000000745. The number of hydrogen-bond donors (Lipinski definition) is 4. The van der Waals surface area contributed by atoms with Gasteiger partial charge in [0.05, 0.1) is 0 Å². The third kappa shape index (κ3) is 12.1. The highest BCUT2D eigenvalue weighted by atomic mass is 19.4. The number of ether oxygens (including phenoxy) is 1. The number of nitrogens with two attached hydrogens (primary N) is 1. The Morgan fingerprint density at radius 1 is 0.902 bits per heavy atom. The molecule has 0 saturated heterocycles. The van der Waals surface area contributed by atoms with Gasteiger partial charge in [0.2, 0.25) is 5.91 Å². The highest BCUT2D eigenvalue weighted by Crippen LogP contribution is 2.21. The van der Waals surface area contributed by atoms with Gasteiger partial charge in [0.15, 0.2) is 0 Å². The molecule has 5 N–H and O–H groups in total. The average molecular weight is 574 g/mol. The van der Waals surface area contributed by atoms with Crippen LogP contribution in [0, 0.1) is 0 Å². The number of alkyl halides is 3. The van der Waals surface area contributed by atoms with Gasteiger partial charge in [-0.3, -0.25) is 9.59 Å². The molecule has 220 valence electrons. The van der Waals surface area contributed by atoms with Crippen molar-refractivity contribution >= 4 is 23.5 Å². The Hall–Kier alpha value is -4.38. The molecular weight excluding hydrogens is 539 g/mol. The van der Waals surface area contributed by atoms with Gasteiger partial charge in [-0.05, 0) is 47.4 Å². The molecule has 0 aromatic heterocycles. The number of halogens is 3. The van der Waals surface area contributed by atoms with Gasteiger partial charge in [-0.25, -0.2) is 4.79 Å². The molecule has 3 aromatic rings. The number of unbranched alkanes of at least 4 members (excludes halogenated alkanes) is 2. The first-order valence-corrected chi connectivity index (χ1v) is 13.0. The number of aliphatic carboxylic acids is 1. The van der Waals surface area contributed by atoms with E-state index in [1.54, 1.807) is 12.1 Å². The number of nitrogens with one attached hydrogen (secondary N) is 2. The Kier molecular flexibility index (Phi) is 13.3. The Morgan fingerprint density at radius 2 is 1.51 bits per heavy atom. The smallest absolute Gasteiger partial charge is 0.489 e.